The standard InChI is InChI=1S/C14H18ClN3OS2/c1-10-9-20-12(17-10)6-14(19)2-4-18(5-3-14)8-13-16-7-11(15)21-13/h7,9,19H,2-6,8H2,1H3. The molecule has 3 heterocycles. The summed E-state index contributed by atoms with van der Waals surface area (Å²) >= 11 is 9.08. The molecule has 114 valence electrons. The molecule has 7 heteroatoms. The Hall–Kier alpha value is -0.530. The Bertz CT molecular complexity index is 605. The molecular formula is C14H18ClN3OS2. The maximum Gasteiger partial charge on any atom is 0.113 e. The lowest BCUT2D eigenvalue weighted by Gasteiger charge is -2.37. The summed E-state index contributed by atoms with van der Waals surface area (Å²) in [5, 5.41) is 14.8. The molecule has 1 aliphatic rings. The number of thiazole rings is 2. The van der Waals surface area contributed by atoms with Crippen molar-refractivity contribution in [3.8, 4) is 0 Å². The number of aromatic nitrogens is 2. The van der Waals surface area contributed by atoms with Crippen LogP contribution in [0.3, 0.4) is 0 Å². The average Bonchev–Trinajstić information content (AvgIpc) is 3.02. The van der Waals surface area contributed by atoms with Crippen LogP contribution >= 0.6 is 34.3 Å². The minimum absolute atomic E-state index is 0.610. The normalized spacial score (nSPS) is 19.0. The van der Waals surface area contributed by atoms with Crippen LogP contribution < -0.4 is 0 Å². The van der Waals surface area contributed by atoms with Crippen LogP contribution in [0.1, 0.15) is 28.6 Å². The predicted molar refractivity (Wildman–Crippen MR) is 87.1 cm³/mol. The summed E-state index contributed by atoms with van der Waals surface area (Å²) in [6.45, 7) is 4.59. The van der Waals surface area contributed by atoms with E-state index in [1.165, 1.54) is 11.3 Å². The molecule has 0 unspecified atom stereocenters. The van der Waals surface area contributed by atoms with Crippen LogP contribution in [0.5, 0.6) is 0 Å². The lowest BCUT2D eigenvalue weighted by atomic mass is 9.88. The number of likely N-dealkylation sites (tertiary alicyclic amines) is 1. The van der Waals surface area contributed by atoms with Crippen molar-refractivity contribution in [1.82, 2.24) is 14.9 Å². The molecule has 2 aromatic rings. The highest BCUT2D eigenvalue weighted by Gasteiger charge is 2.33. The van der Waals surface area contributed by atoms with Crippen LogP contribution in [0, 0.1) is 6.92 Å². The molecule has 1 N–H and O–H groups in total. The molecule has 0 spiro atoms. The molecule has 2 aromatic heterocycles. The molecule has 1 fully saturated rings. The topological polar surface area (TPSA) is 49.2 Å². The molecule has 3 rings (SSSR count). The van der Waals surface area contributed by atoms with Gasteiger partial charge in [-0.25, -0.2) is 9.97 Å². The van der Waals surface area contributed by atoms with Gasteiger partial charge in [0.15, 0.2) is 0 Å². The van der Waals surface area contributed by atoms with Gasteiger partial charge in [0.2, 0.25) is 0 Å². The Balaban J connectivity index is 1.54. The van der Waals surface area contributed by atoms with Gasteiger partial charge >= 0.3 is 0 Å². The predicted octanol–water partition coefficient (Wildman–Crippen LogP) is 3.13. The molecular weight excluding hydrogens is 326 g/mol. The Morgan fingerprint density at radius 1 is 1.38 bits per heavy atom. The summed E-state index contributed by atoms with van der Waals surface area (Å²) in [4.78, 5) is 11.1. The van der Waals surface area contributed by atoms with Gasteiger partial charge < -0.3 is 5.11 Å². The number of piperidine rings is 1. The minimum Gasteiger partial charge on any atom is -0.389 e. The molecule has 0 amide bonds. The smallest absolute Gasteiger partial charge is 0.113 e. The van der Waals surface area contributed by atoms with Crippen LogP contribution in [-0.2, 0) is 13.0 Å². The summed E-state index contributed by atoms with van der Waals surface area (Å²) in [5.74, 6) is 0. The van der Waals surface area contributed by atoms with Crippen LogP contribution in [0.2, 0.25) is 4.34 Å². The Kier molecular flexibility index (Phi) is 4.61. The molecule has 0 aromatic carbocycles. The number of halogens is 1. The largest absolute Gasteiger partial charge is 0.389 e. The van der Waals surface area contributed by atoms with Crippen LogP contribution in [0.25, 0.3) is 0 Å². The van der Waals surface area contributed by atoms with E-state index in [4.69, 9.17) is 11.6 Å². The number of hydrogen-bond donors (Lipinski definition) is 1. The Labute approximate surface area is 137 Å². The quantitative estimate of drug-likeness (QED) is 0.926. The van der Waals surface area contributed by atoms with Crippen molar-refractivity contribution in [2.45, 2.75) is 38.3 Å². The molecule has 0 bridgehead atoms. The van der Waals surface area contributed by atoms with Crippen molar-refractivity contribution in [2.75, 3.05) is 13.1 Å². The fourth-order valence-corrected chi connectivity index (χ4v) is 4.53. The molecule has 0 aliphatic carbocycles. The van der Waals surface area contributed by atoms with E-state index in [1.54, 1.807) is 17.5 Å². The van der Waals surface area contributed by atoms with Gasteiger partial charge in [-0.05, 0) is 19.8 Å². The van der Waals surface area contributed by atoms with Crippen LogP contribution in [0.4, 0.5) is 0 Å². The second kappa shape index (κ2) is 6.30. The molecule has 1 saturated heterocycles. The van der Waals surface area contributed by atoms with Gasteiger partial charge in [0.1, 0.15) is 9.34 Å². The third-order valence-electron chi connectivity index (χ3n) is 3.82. The highest BCUT2D eigenvalue weighted by Crippen LogP contribution is 2.29. The lowest BCUT2D eigenvalue weighted by molar-refractivity contribution is -0.0225. The Morgan fingerprint density at radius 2 is 2.14 bits per heavy atom. The molecule has 4 nitrogen and oxygen atoms in total. The number of hydrogen-bond acceptors (Lipinski definition) is 6. The van der Waals surface area contributed by atoms with E-state index in [0.717, 1.165) is 52.5 Å². The maximum absolute atomic E-state index is 10.7. The van der Waals surface area contributed by atoms with Crippen molar-refractivity contribution in [2.24, 2.45) is 0 Å². The van der Waals surface area contributed by atoms with Gasteiger partial charge in [0, 0.05) is 30.6 Å². The number of aliphatic hydroxyl groups is 1. The van der Waals surface area contributed by atoms with Crippen molar-refractivity contribution >= 4 is 34.3 Å². The van der Waals surface area contributed by atoms with Crippen LogP contribution in [-0.4, -0.2) is 38.7 Å². The van der Waals surface area contributed by atoms with E-state index in [-0.39, 0.29) is 0 Å². The summed E-state index contributed by atoms with van der Waals surface area (Å²) in [7, 11) is 0. The van der Waals surface area contributed by atoms with E-state index in [2.05, 4.69) is 14.9 Å². The summed E-state index contributed by atoms with van der Waals surface area (Å²) in [5.41, 5.74) is 0.429. The summed E-state index contributed by atoms with van der Waals surface area (Å²) in [6, 6.07) is 0. The summed E-state index contributed by atoms with van der Waals surface area (Å²) in [6.07, 6.45) is 3.94. The van der Waals surface area contributed by atoms with Gasteiger partial charge in [-0.2, -0.15) is 0 Å². The monoisotopic (exact) mass is 343 g/mol. The van der Waals surface area contributed by atoms with Gasteiger partial charge in [-0.15, -0.1) is 22.7 Å². The minimum atomic E-state index is -0.610. The van der Waals surface area contributed by atoms with E-state index >= 15 is 0 Å². The second-order valence-electron chi connectivity index (χ2n) is 5.62. The second-order valence-corrected chi connectivity index (χ2v) is 8.31. The first-order valence-electron chi connectivity index (χ1n) is 6.98. The van der Waals surface area contributed by atoms with Gasteiger partial charge in [-0.3, -0.25) is 4.90 Å². The Morgan fingerprint density at radius 3 is 2.71 bits per heavy atom. The molecule has 0 atom stereocenters. The third kappa shape index (κ3) is 4.02. The third-order valence-corrected chi connectivity index (χ3v) is 5.88. The molecule has 1 aliphatic heterocycles. The zero-order valence-electron chi connectivity index (χ0n) is 11.9. The molecule has 0 radical (unpaired) electrons. The van der Waals surface area contributed by atoms with Gasteiger partial charge in [0.25, 0.3) is 0 Å². The lowest BCUT2D eigenvalue weighted by Crippen LogP contribution is -2.45. The van der Waals surface area contributed by atoms with Crippen molar-refractivity contribution < 1.29 is 5.11 Å². The molecule has 0 saturated carbocycles. The van der Waals surface area contributed by atoms with Crippen molar-refractivity contribution in [3.05, 3.63) is 31.6 Å². The molecule has 21 heavy (non-hydrogen) atoms. The zero-order chi connectivity index (χ0) is 14.9. The summed E-state index contributed by atoms with van der Waals surface area (Å²) < 4.78 is 0.734. The van der Waals surface area contributed by atoms with Crippen LogP contribution in [0.15, 0.2) is 11.6 Å². The average molecular weight is 344 g/mol. The maximum atomic E-state index is 10.7. The van der Waals surface area contributed by atoms with E-state index in [9.17, 15) is 5.11 Å². The first-order chi connectivity index (χ1) is 10.0. The van der Waals surface area contributed by atoms with E-state index in [1.807, 2.05) is 12.3 Å². The van der Waals surface area contributed by atoms with E-state index < -0.39 is 5.60 Å². The SMILES string of the molecule is Cc1csc(CC2(O)CCN(Cc3ncc(Cl)s3)CC2)n1. The van der Waals surface area contributed by atoms with Crippen molar-refractivity contribution in [3.63, 3.8) is 0 Å². The number of rotatable bonds is 4. The fraction of sp³-hybridized carbons (Fsp3) is 0.571. The first kappa shape index (κ1) is 15.4. The van der Waals surface area contributed by atoms with Gasteiger partial charge in [-0.1, -0.05) is 11.6 Å². The number of nitrogens with zero attached hydrogens (tertiary/aromatic N) is 3. The highest BCUT2D eigenvalue weighted by atomic mass is 35.5. The van der Waals surface area contributed by atoms with Crippen molar-refractivity contribution in [1.29, 1.82) is 0 Å². The van der Waals surface area contributed by atoms with E-state index in [0.29, 0.717) is 6.42 Å². The van der Waals surface area contributed by atoms with Gasteiger partial charge in [0.05, 0.1) is 23.4 Å². The number of aryl methyl sites for hydroxylation is 1. The first-order valence-corrected chi connectivity index (χ1v) is 9.06. The fourth-order valence-electron chi connectivity index (χ4n) is 2.62. The highest BCUT2D eigenvalue weighted by molar-refractivity contribution is 7.15. The zero-order valence-corrected chi connectivity index (χ0v) is 14.3.